The second-order valence-electron chi connectivity index (χ2n) is 5.87. The van der Waals surface area contributed by atoms with Crippen molar-refractivity contribution in [2.45, 2.75) is 26.4 Å². The molecule has 0 heterocycles. The first-order valence-electron chi connectivity index (χ1n) is 8.32. The second kappa shape index (κ2) is 7.78. The minimum atomic E-state index is -0.332. The van der Waals surface area contributed by atoms with Crippen molar-refractivity contribution < 1.29 is 9.13 Å². The molecule has 0 aromatic heterocycles. The monoisotopic (exact) mass is 320 g/mol. The van der Waals surface area contributed by atoms with E-state index in [1.807, 2.05) is 48.5 Å². The standard InChI is InChI=1S/C22H21FO/c1-2-6-17-9-11-19(12-10-17)20-13-14-22(21(23)15-20)24-16-18-7-4-3-5-8-18/h3-5,7-15H,2,6,16H2,1H3. The first kappa shape index (κ1) is 16.3. The summed E-state index contributed by atoms with van der Waals surface area (Å²) in [5.74, 6) is -0.0497. The van der Waals surface area contributed by atoms with E-state index >= 15 is 0 Å². The fourth-order valence-electron chi connectivity index (χ4n) is 2.69. The molecule has 1 nitrogen and oxygen atoms in total. The summed E-state index contributed by atoms with van der Waals surface area (Å²) in [7, 11) is 0. The quantitative estimate of drug-likeness (QED) is 0.539. The molecule has 2 heteroatoms. The zero-order valence-electron chi connectivity index (χ0n) is 13.8. The Balaban J connectivity index is 1.72. The number of rotatable bonds is 6. The molecule has 0 radical (unpaired) electrons. The van der Waals surface area contributed by atoms with E-state index in [1.165, 1.54) is 11.6 Å². The van der Waals surface area contributed by atoms with Gasteiger partial charge in [-0.15, -0.1) is 0 Å². The Hall–Kier alpha value is -2.61. The zero-order valence-corrected chi connectivity index (χ0v) is 13.8. The molecule has 0 saturated heterocycles. The second-order valence-corrected chi connectivity index (χ2v) is 5.87. The first-order chi connectivity index (χ1) is 11.8. The summed E-state index contributed by atoms with van der Waals surface area (Å²) >= 11 is 0. The first-order valence-corrected chi connectivity index (χ1v) is 8.32. The summed E-state index contributed by atoms with van der Waals surface area (Å²) in [5, 5.41) is 0. The Morgan fingerprint density at radius 3 is 2.17 bits per heavy atom. The van der Waals surface area contributed by atoms with Gasteiger partial charge in [0.1, 0.15) is 6.61 Å². The largest absolute Gasteiger partial charge is 0.486 e. The molecule has 0 amide bonds. The van der Waals surface area contributed by atoms with Crippen LogP contribution in [0.15, 0.2) is 72.8 Å². The van der Waals surface area contributed by atoms with Crippen LogP contribution in [0.5, 0.6) is 5.75 Å². The number of hydrogen-bond acceptors (Lipinski definition) is 1. The van der Waals surface area contributed by atoms with Gasteiger partial charge in [0.15, 0.2) is 11.6 Å². The van der Waals surface area contributed by atoms with Crippen molar-refractivity contribution in [1.29, 1.82) is 0 Å². The summed E-state index contributed by atoms with van der Waals surface area (Å²) < 4.78 is 19.9. The van der Waals surface area contributed by atoms with Crippen LogP contribution in [0.25, 0.3) is 11.1 Å². The molecule has 0 spiro atoms. The number of benzene rings is 3. The Kier molecular flexibility index (Phi) is 5.27. The third-order valence-corrected chi connectivity index (χ3v) is 3.99. The van der Waals surface area contributed by atoms with Crippen LogP contribution >= 0.6 is 0 Å². The fraction of sp³-hybridized carbons (Fsp3) is 0.182. The van der Waals surface area contributed by atoms with Gasteiger partial charge >= 0.3 is 0 Å². The molecule has 0 aliphatic rings. The smallest absolute Gasteiger partial charge is 0.165 e. The van der Waals surface area contributed by atoms with Gasteiger partial charge in [-0.05, 0) is 40.8 Å². The van der Waals surface area contributed by atoms with Gasteiger partial charge in [-0.25, -0.2) is 4.39 Å². The van der Waals surface area contributed by atoms with Crippen LogP contribution < -0.4 is 4.74 Å². The van der Waals surface area contributed by atoms with E-state index in [4.69, 9.17) is 4.74 Å². The Morgan fingerprint density at radius 2 is 1.50 bits per heavy atom. The normalized spacial score (nSPS) is 10.6. The van der Waals surface area contributed by atoms with Crippen molar-refractivity contribution in [3.8, 4) is 16.9 Å². The number of aryl methyl sites for hydroxylation is 1. The Morgan fingerprint density at radius 1 is 0.792 bits per heavy atom. The maximum absolute atomic E-state index is 14.3. The summed E-state index contributed by atoms with van der Waals surface area (Å²) in [6.07, 6.45) is 2.20. The predicted octanol–water partition coefficient (Wildman–Crippen LogP) is 6.02. The van der Waals surface area contributed by atoms with Gasteiger partial charge in [0, 0.05) is 0 Å². The maximum Gasteiger partial charge on any atom is 0.165 e. The van der Waals surface area contributed by atoms with E-state index in [1.54, 1.807) is 6.07 Å². The van der Waals surface area contributed by atoms with Gasteiger partial charge in [0.2, 0.25) is 0 Å². The molecule has 0 unspecified atom stereocenters. The third kappa shape index (κ3) is 4.02. The molecule has 24 heavy (non-hydrogen) atoms. The van der Waals surface area contributed by atoms with Crippen molar-refractivity contribution in [2.24, 2.45) is 0 Å². The van der Waals surface area contributed by atoms with E-state index in [0.29, 0.717) is 6.61 Å². The van der Waals surface area contributed by atoms with Crippen LogP contribution in [0.2, 0.25) is 0 Å². The van der Waals surface area contributed by atoms with Crippen molar-refractivity contribution >= 4 is 0 Å². The maximum atomic E-state index is 14.3. The van der Waals surface area contributed by atoms with Crippen LogP contribution in [-0.2, 0) is 13.0 Å². The topological polar surface area (TPSA) is 9.23 Å². The molecule has 0 N–H and O–H groups in total. The summed E-state index contributed by atoms with van der Waals surface area (Å²) in [6, 6.07) is 23.2. The van der Waals surface area contributed by atoms with E-state index < -0.39 is 0 Å². The van der Waals surface area contributed by atoms with Crippen LogP contribution in [0.4, 0.5) is 4.39 Å². The van der Waals surface area contributed by atoms with Crippen molar-refractivity contribution in [3.63, 3.8) is 0 Å². The lowest BCUT2D eigenvalue weighted by atomic mass is 10.0. The van der Waals surface area contributed by atoms with Gasteiger partial charge in [-0.2, -0.15) is 0 Å². The van der Waals surface area contributed by atoms with Crippen LogP contribution in [0.3, 0.4) is 0 Å². The average Bonchev–Trinajstić information content (AvgIpc) is 2.62. The third-order valence-electron chi connectivity index (χ3n) is 3.99. The highest BCUT2D eigenvalue weighted by Crippen LogP contribution is 2.26. The molecule has 3 aromatic rings. The molecular formula is C22H21FO. The molecular weight excluding hydrogens is 299 g/mol. The SMILES string of the molecule is CCCc1ccc(-c2ccc(OCc3ccccc3)c(F)c2)cc1. The van der Waals surface area contributed by atoms with Gasteiger partial charge < -0.3 is 4.74 Å². The van der Waals surface area contributed by atoms with Crippen molar-refractivity contribution in [1.82, 2.24) is 0 Å². The highest BCUT2D eigenvalue weighted by atomic mass is 19.1. The molecule has 0 atom stereocenters. The number of ether oxygens (including phenoxy) is 1. The van der Waals surface area contributed by atoms with E-state index in [-0.39, 0.29) is 11.6 Å². The molecule has 0 saturated carbocycles. The number of hydrogen-bond donors (Lipinski definition) is 0. The van der Waals surface area contributed by atoms with Crippen molar-refractivity contribution in [2.75, 3.05) is 0 Å². The van der Waals surface area contributed by atoms with Gasteiger partial charge in [-0.1, -0.05) is 74.0 Å². The lowest BCUT2D eigenvalue weighted by Gasteiger charge is -2.09. The molecule has 122 valence electrons. The summed E-state index contributed by atoms with van der Waals surface area (Å²) in [6.45, 7) is 2.53. The fourth-order valence-corrected chi connectivity index (χ4v) is 2.69. The van der Waals surface area contributed by atoms with Crippen LogP contribution in [0.1, 0.15) is 24.5 Å². The summed E-state index contributed by atoms with van der Waals surface area (Å²) in [5.41, 5.74) is 4.21. The Labute approximate surface area is 142 Å². The molecule has 0 bridgehead atoms. The van der Waals surface area contributed by atoms with E-state index in [9.17, 15) is 4.39 Å². The van der Waals surface area contributed by atoms with Crippen molar-refractivity contribution in [3.05, 3.63) is 89.7 Å². The Bertz CT molecular complexity index is 779. The minimum Gasteiger partial charge on any atom is -0.486 e. The molecule has 0 fully saturated rings. The van der Waals surface area contributed by atoms with E-state index in [0.717, 1.165) is 29.5 Å². The molecule has 0 aliphatic carbocycles. The van der Waals surface area contributed by atoms with Gasteiger partial charge in [-0.3, -0.25) is 0 Å². The van der Waals surface area contributed by atoms with E-state index in [2.05, 4.69) is 19.1 Å². The van der Waals surface area contributed by atoms with Crippen LogP contribution in [0, 0.1) is 5.82 Å². The lowest BCUT2D eigenvalue weighted by molar-refractivity contribution is 0.290. The highest BCUT2D eigenvalue weighted by molar-refractivity contribution is 5.64. The zero-order chi connectivity index (χ0) is 16.8. The lowest BCUT2D eigenvalue weighted by Crippen LogP contribution is -1.97. The molecule has 3 rings (SSSR count). The highest BCUT2D eigenvalue weighted by Gasteiger charge is 2.07. The minimum absolute atomic E-state index is 0.283. The molecule has 0 aliphatic heterocycles. The van der Waals surface area contributed by atoms with Gasteiger partial charge in [0.25, 0.3) is 0 Å². The summed E-state index contributed by atoms with van der Waals surface area (Å²) in [4.78, 5) is 0. The predicted molar refractivity (Wildman–Crippen MR) is 96.6 cm³/mol. The number of halogens is 1. The van der Waals surface area contributed by atoms with Gasteiger partial charge in [0.05, 0.1) is 0 Å². The van der Waals surface area contributed by atoms with Crippen LogP contribution in [-0.4, -0.2) is 0 Å². The average molecular weight is 320 g/mol. The molecule has 3 aromatic carbocycles.